The van der Waals surface area contributed by atoms with Crippen LogP contribution in [0.2, 0.25) is 0 Å². The minimum Gasteiger partial charge on any atom is -0.493 e. The normalized spacial score (nSPS) is 18.0. The molecule has 3 rings (SSSR count). The standard InChI is InChI=1S/C20H22N2O5/c1-20(19(24)22-14-6-4-5-7-15(14)27-20)18(23)21-11-10-13-8-9-16(25-2)17(12-13)26-3/h4-9,12H,10-11H2,1-3H3,(H,21,23)(H,22,24)/t20-/m1/s1. The molecule has 0 unspecified atom stereocenters. The SMILES string of the molecule is COc1ccc(CCNC(=O)[C@@]2(C)Oc3ccccc3NC2=O)cc1OC. The molecule has 7 nitrogen and oxygen atoms in total. The molecule has 142 valence electrons. The summed E-state index contributed by atoms with van der Waals surface area (Å²) in [6.07, 6.45) is 0.570. The van der Waals surface area contributed by atoms with Gasteiger partial charge in [0.25, 0.3) is 17.4 Å². The summed E-state index contributed by atoms with van der Waals surface area (Å²) in [7, 11) is 3.15. The Kier molecular flexibility index (Phi) is 5.21. The van der Waals surface area contributed by atoms with Crippen molar-refractivity contribution in [2.24, 2.45) is 0 Å². The van der Waals surface area contributed by atoms with E-state index < -0.39 is 17.4 Å². The van der Waals surface area contributed by atoms with E-state index in [1.54, 1.807) is 38.5 Å². The first-order valence-electron chi connectivity index (χ1n) is 8.56. The Morgan fingerprint density at radius 1 is 1.15 bits per heavy atom. The molecule has 0 spiro atoms. The van der Waals surface area contributed by atoms with Crippen molar-refractivity contribution >= 4 is 17.5 Å². The van der Waals surface area contributed by atoms with Gasteiger partial charge in [0.1, 0.15) is 5.75 Å². The van der Waals surface area contributed by atoms with E-state index in [-0.39, 0.29) is 0 Å². The molecular weight excluding hydrogens is 348 g/mol. The Morgan fingerprint density at radius 3 is 2.63 bits per heavy atom. The quantitative estimate of drug-likeness (QED) is 0.761. The minimum atomic E-state index is -1.62. The third-order valence-electron chi connectivity index (χ3n) is 4.46. The Balaban J connectivity index is 1.63. The van der Waals surface area contributed by atoms with Crippen LogP contribution in [0.15, 0.2) is 42.5 Å². The second-order valence-corrected chi connectivity index (χ2v) is 6.28. The van der Waals surface area contributed by atoms with E-state index in [0.29, 0.717) is 35.9 Å². The zero-order valence-electron chi connectivity index (χ0n) is 15.5. The smallest absolute Gasteiger partial charge is 0.278 e. The first-order valence-corrected chi connectivity index (χ1v) is 8.56. The molecule has 2 N–H and O–H groups in total. The number of para-hydroxylation sites is 2. The van der Waals surface area contributed by atoms with Crippen LogP contribution in [0.3, 0.4) is 0 Å². The number of benzene rings is 2. The zero-order chi connectivity index (χ0) is 19.4. The van der Waals surface area contributed by atoms with Gasteiger partial charge in [0.2, 0.25) is 0 Å². The third-order valence-corrected chi connectivity index (χ3v) is 4.46. The van der Waals surface area contributed by atoms with Crippen LogP contribution in [0, 0.1) is 0 Å². The lowest BCUT2D eigenvalue weighted by atomic mass is 10.0. The first-order chi connectivity index (χ1) is 13.0. The topological polar surface area (TPSA) is 85.9 Å². The maximum atomic E-state index is 12.6. The number of fused-ring (bicyclic) bond motifs is 1. The van der Waals surface area contributed by atoms with E-state index in [1.807, 2.05) is 18.2 Å². The molecule has 0 aliphatic carbocycles. The predicted molar refractivity (Wildman–Crippen MR) is 100 cm³/mol. The van der Waals surface area contributed by atoms with Crippen LogP contribution in [0.5, 0.6) is 17.2 Å². The maximum Gasteiger partial charge on any atom is 0.278 e. The molecule has 2 amide bonds. The van der Waals surface area contributed by atoms with E-state index in [2.05, 4.69) is 10.6 Å². The van der Waals surface area contributed by atoms with Crippen LogP contribution < -0.4 is 24.8 Å². The van der Waals surface area contributed by atoms with Crippen molar-refractivity contribution < 1.29 is 23.8 Å². The molecule has 1 aliphatic rings. The van der Waals surface area contributed by atoms with E-state index in [1.165, 1.54) is 6.92 Å². The average molecular weight is 370 g/mol. The summed E-state index contributed by atoms with van der Waals surface area (Å²) < 4.78 is 16.2. The lowest BCUT2D eigenvalue weighted by Crippen LogP contribution is -2.58. The van der Waals surface area contributed by atoms with Gasteiger partial charge in [-0.2, -0.15) is 0 Å². The number of nitrogens with one attached hydrogen (secondary N) is 2. The van der Waals surface area contributed by atoms with Gasteiger partial charge in [-0.15, -0.1) is 0 Å². The highest BCUT2D eigenvalue weighted by atomic mass is 16.5. The molecule has 0 aromatic heterocycles. The maximum absolute atomic E-state index is 12.6. The summed E-state index contributed by atoms with van der Waals surface area (Å²) in [4.78, 5) is 25.0. The number of rotatable bonds is 6. The highest BCUT2D eigenvalue weighted by Crippen LogP contribution is 2.33. The van der Waals surface area contributed by atoms with Gasteiger partial charge in [0.15, 0.2) is 11.5 Å². The number of hydrogen-bond acceptors (Lipinski definition) is 5. The van der Waals surface area contributed by atoms with Gasteiger partial charge in [-0.25, -0.2) is 0 Å². The van der Waals surface area contributed by atoms with Gasteiger partial charge in [-0.1, -0.05) is 18.2 Å². The summed E-state index contributed by atoms with van der Waals surface area (Å²) >= 11 is 0. The number of carbonyl (C=O) groups excluding carboxylic acids is 2. The molecular formula is C20H22N2O5. The van der Waals surface area contributed by atoms with Gasteiger partial charge in [0, 0.05) is 6.54 Å². The van der Waals surface area contributed by atoms with Crippen molar-refractivity contribution in [2.75, 3.05) is 26.1 Å². The fourth-order valence-corrected chi connectivity index (χ4v) is 2.84. The molecule has 0 radical (unpaired) electrons. The lowest BCUT2D eigenvalue weighted by Gasteiger charge is -2.33. The van der Waals surface area contributed by atoms with E-state index in [9.17, 15) is 9.59 Å². The second-order valence-electron chi connectivity index (χ2n) is 6.28. The van der Waals surface area contributed by atoms with Gasteiger partial charge in [0.05, 0.1) is 19.9 Å². The molecule has 1 aliphatic heterocycles. The van der Waals surface area contributed by atoms with Crippen molar-refractivity contribution in [2.45, 2.75) is 18.9 Å². The third kappa shape index (κ3) is 3.67. The van der Waals surface area contributed by atoms with Crippen LogP contribution in [0.4, 0.5) is 5.69 Å². The lowest BCUT2D eigenvalue weighted by molar-refractivity contribution is -0.146. The predicted octanol–water partition coefficient (Wildman–Crippen LogP) is 2.15. The van der Waals surface area contributed by atoms with E-state index in [0.717, 1.165) is 5.56 Å². The Morgan fingerprint density at radius 2 is 1.89 bits per heavy atom. The highest BCUT2D eigenvalue weighted by molar-refractivity contribution is 6.15. The van der Waals surface area contributed by atoms with Crippen LogP contribution in [-0.2, 0) is 16.0 Å². The molecule has 0 saturated carbocycles. The monoisotopic (exact) mass is 370 g/mol. The van der Waals surface area contributed by atoms with E-state index >= 15 is 0 Å². The minimum absolute atomic E-state index is 0.349. The highest BCUT2D eigenvalue weighted by Gasteiger charge is 2.46. The summed E-state index contributed by atoms with van der Waals surface area (Å²) in [5, 5.41) is 5.48. The molecule has 2 aromatic rings. The van der Waals surface area contributed by atoms with Crippen molar-refractivity contribution in [3.05, 3.63) is 48.0 Å². The summed E-state index contributed by atoms with van der Waals surface area (Å²) in [5.74, 6) is 0.748. The second kappa shape index (κ2) is 7.57. The van der Waals surface area contributed by atoms with Gasteiger partial charge in [-0.05, 0) is 43.2 Å². The van der Waals surface area contributed by atoms with Gasteiger partial charge >= 0.3 is 0 Å². The van der Waals surface area contributed by atoms with Gasteiger partial charge in [-0.3, -0.25) is 9.59 Å². The number of anilines is 1. The molecule has 7 heteroatoms. The molecule has 27 heavy (non-hydrogen) atoms. The Hall–Kier alpha value is -3.22. The van der Waals surface area contributed by atoms with Crippen molar-refractivity contribution in [3.63, 3.8) is 0 Å². The van der Waals surface area contributed by atoms with Crippen LogP contribution in [0.25, 0.3) is 0 Å². The molecule has 0 fully saturated rings. The van der Waals surface area contributed by atoms with Crippen molar-refractivity contribution in [1.82, 2.24) is 5.32 Å². The van der Waals surface area contributed by atoms with Crippen molar-refractivity contribution in [1.29, 1.82) is 0 Å². The first kappa shape index (κ1) is 18.6. The zero-order valence-corrected chi connectivity index (χ0v) is 15.5. The number of ether oxygens (including phenoxy) is 3. The molecule has 1 atom stereocenters. The molecule has 2 aromatic carbocycles. The number of hydrogen-bond donors (Lipinski definition) is 2. The molecule has 1 heterocycles. The summed E-state index contributed by atoms with van der Waals surface area (Å²) in [5.41, 5.74) is -0.0954. The number of methoxy groups -OCH3 is 2. The molecule has 0 saturated heterocycles. The van der Waals surface area contributed by atoms with Crippen molar-refractivity contribution in [3.8, 4) is 17.2 Å². The number of carbonyl (C=O) groups is 2. The summed E-state index contributed by atoms with van der Waals surface area (Å²) in [6, 6.07) is 12.6. The summed E-state index contributed by atoms with van der Waals surface area (Å²) in [6.45, 7) is 1.81. The fraction of sp³-hybridized carbons (Fsp3) is 0.300. The van der Waals surface area contributed by atoms with Crippen LogP contribution in [0.1, 0.15) is 12.5 Å². The Bertz CT molecular complexity index is 867. The van der Waals surface area contributed by atoms with Gasteiger partial charge < -0.3 is 24.8 Å². The van der Waals surface area contributed by atoms with Crippen LogP contribution >= 0.6 is 0 Å². The fourth-order valence-electron chi connectivity index (χ4n) is 2.84. The Labute approximate surface area is 157 Å². The molecule has 0 bridgehead atoms. The largest absolute Gasteiger partial charge is 0.493 e. The average Bonchev–Trinajstić information content (AvgIpc) is 2.68. The number of amides is 2. The van der Waals surface area contributed by atoms with Crippen LogP contribution in [-0.4, -0.2) is 38.2 Å². The van der Waals surface area contributed by atoms with E-state index in [4.69, 9.17) is 14.2 Å².